The van der Waals surface area contributed by atoms with Gasteiger partial charge in [0.25, 0.3) is 6.20 Å². The normalized spacial score (nSPS) is 11.4. The number of amides is 2. The number of benzene rings is 2. The summed E-state index contributed by atoms with van der Waals surface area (Å²) < 4.78 is 0. The van der Waals surface area contributed by atoms with Crippen molar-refractivity contribution in [3.05, 3.63) is 94.3 Å². The lowest BCUT2D eigenvalue weighted by atomic mass is 10.1. The molecule has 2 aromatic carbocycles. The highest BCUT2D eigenvalue weighted by molar-refractivity contribution is 5.97. The third-order valence-corrected chi connectivity index (χ3v) is 4.15. The van der Waals surface area contributed by atoms with E-state index in [-0.39, 0.29) is 5.70 Å². The molecule has 10 nitrogen and oxygen atoms in total. The van der Waals surface area contributed by atoms with Crippen LogP contribution >= 0.6 is 0 Å². The summed E-state index contributed by atoms with van der Waals surface area (Å²) in [7, 11) is 3.05. The van der Waals surface area contributed by atoms with Gasteiger partial charge in [-0.3, -0.25) is 40.6 Å². The van der Waals surface area contributed by atoms with E-state index in [0.717, 1.165) is 11.8 Å². The molecule has 2 amide bonds. The lowest BCUT2D eigenvalue weighted by molar-refractivity contribution is -0.402. The Balaban J connectivity index is 1.99. The Morgan fingerprint density at radius 3 is 1.74 bits per heavy atom. The molecule has 0 saturated carbocycles. The third kappa shape index (κ3) is 6.89. The molecule has 31 heavy (non-hydrogen) atoms. The Morgan fingerprint density at radius 2 is 1.32 bits per heavy atom. The van der Waals surface area contributed by atoms with E-state index in [1.54, 1.807) is 37.4 Å². The van der Waals surface area contributed by atoms with Gasteiger partial charge in [-0.05, 0) is 0 Å². The first kappa shape index (κ1) is 22.9. The maximum absolute atomic E-state index is 12.3. The highest BCUT2D eigenvalue weighted by Crippen LogP contribution is 2.16. The molecule has 0 radical (unpaired) electrons. The predicted octanol–water partition coefficient (Wildman–Crippen LogP) is 1.54. The number of nitrogens with zero attached hydrogens (tertiary/aromatic N) is 3. The van der Waals surface area contributed by atoms with E-state index >= 15 is 0 Å². The monoisotopic (exact) mass is 424 g/mol. The van der Waals surface area contributed by atoms with E-state index in [4.69, 9.17) is 5.73 Å². The molecule has 0 bridgehead atoms. The van der Waals surface area contributed by atoms with Crippen LogP contribution < -0.4 is 16.6 Å². The molecule has 4 N–H and O–H groups in total. The Hall–Kier alpha value is -4.34. The second-order valence-electron chi connectivity index (χ2n) is 6.45. The molecule has 10 heteroatoms. The zero-order valence-corrected chi connectivity index (χ0v) is 17.2. The number of nitro groups is 1. The SMILES string of the molecule is CN(NC(=O)CC(=O)NN(C)/C(=C/[N+](=O)[O-])c1ccccc1)/C(=C/N)c1ccccc1. The van der Waals surface area contributed by atoms with E-state index in [9.17, 15) is 19.7 Å². The second kappa shape index (κ2) is 11.0. The quantitative estimate of drug-likeness (QED) is 0.316. The number of rotatable bonds is 9. The van der Waals surface area contributed by atoms with E-state index in [2.05, 4.69) is 10.9 Å². The summed E-state index contributed by atoms with van der Waals surface area (Å²) >= 11 is 0. The fourth-order valence-electron chi connectivity index (χ4n) is 2.79. The van der Waals surface area contributed by atoms with Gasteiger partial charge in [0.1, 0.15) is 12.1 Å². The first-order chi connectivity index (χ1) is 14.8. The molecule has 0 unspecified atom stereocenters. The summed E-state index contributed by atoms with van der Waals surface area (Å²) in [6.45, 7) is 0. The predicted molar refractivity (Wildman–Crippen MR) is 116 cm³/mol. The van der Waals surface area contributed by atoms with Crippen molar-refractivity contribution in [3.8, 4) is 0 Å². The van der Waals surface area contributed by atoms with Crippen molar-refractivity contribution in [1.29, 1.82) is 0 Å². The minimum Gasteiger partial charge on any atom is -0.403 e. The van der Waals surface area contributed by atoms with E-state index in [0.29, 0.717) is 11.3 Å². The van der Waals surface area contributed by atoms with Crippen LogP contribution in [0.1, 0.15) is 17.5 Å². The first-order valence-electron chi connectivity index (χ1n) is 9.26. The molecule has 2 rings (SSSR count). The van der Waals surface area contributed by atoms with Crippen molar-refractivity contribution in [3.63, 3.8) is 0 Å². The molecule has 0 saturated heterocycles. The molecule has 162 valence electrons. The lowest BCUT2D eigenvalue weighted by Gasteiger charge is -2.24. The molecule has 2 aromatic rings. The average molecular weight is 424 g/mol. The molecule has 0 aromatic heterocycles. The molecule has 0 aliphatic rings. The summed E-state index contributed by atoms with van der Waals surface area (Å²) in [6, 6.07) is 17.7. The van der Waals surface area contributed by atoms with Crippen molar-refractivity contribution in [2.24, 2.45) is 5.73 Å². The van der Waals surface area contributed by atoms with Crippen molar-refractivity contribution in [2.75, 3.05) is 14.1 Å². The average Bonchev–Trinajstić information content (AvgIpc) is 2.73. The van der Waals surface area contributed by atoms with Gasteiger partial charge in [0, 0.05) is 31.4 Å². The summed E-state index contributed by atoms with van der Waals surface area (Å²) in [5.74, 6) is -1.22. The zero-order chi connectivity index (χ0) is 22.8. The Bertz CT molecular complexity index is 976. The minimum absolute atomic E-state index is 0.161. The summed E-state index contributed by atoms with van der Waals surface area (Å²) in [5, 5.41) is 13.6. The maximum atomic E-state index is 12.3. The maximum Gasteiger partial charge on any atom is 0.260 e. The van der Waals surface area contributed by atoms with Gasteiger partial charge < -0.3 is 5.73 Å². The Kier molecular flexibility index (Phi) is 8.14. The lowest BCUT2D eigenvalue weighted by Crippen LogP contribution is -2.43. The summed E-state index contributed by atoms with van der Waals surface area (Å²) in [5.41, 5.74) is 12.7. The van der Waals surface area contributed by atoms with Crippen LogP contribution in [0.5, 0.6) is 0 Å². The highest BCUT2D eigenvalue weighted by Gasteiger charge is 2.18. The van der Waals surface area contributed by atoms with Gasteiger partial charge in [0.2, 0.25) is 11.8 Å². The van der Waals surface area contributed by atoms with Crippen molar-refractivity contribution in [2.45, 2.75) is 6.42 Å². The van der Waals surface area contributed by atoms with Gasteiger partial charge >= 0.3 is 0 Å². The molecular formula is C21H24N6O4. The molecule has 0 aliphatic heterocycles. The second-order valence-corrected chi connectivity index (χ2v) is 6.45. The standard InChI is InChI=1S/C21H24N6O4/c1-25(18(14-22)16-9-5-3-6-10-16)23-20(28)13-21(29)24-26(2)19(15-27(30)31)17-11-7-4-8-12-17/h3-12,14-15H,13,22H2,1-2H3,(H,23,28)(H,24,29)/b18-14+,19-15+. The van der Waals surface area contributed by atoms with Crippen molar-refractivity contribution in [1.82, 2.24) is 20.9 Å². The van der Waals surface area contributed by atoms with Gasteiger partial charge in [0.05, 0.1) is 10.6 Å². The van der Waals surface area contributed by atoms with Crippen LogP contribution in [-0.2, 0) is 9.59 Å². The van der Waals surface area contributed by atoms with E-state index in [1.807, 2.05) is 30.3 Å². The molecule has 0 spiro atoms. The Labute approximate surface area is 179 Å². The molecule has 0 fully saturated rings. The number of hydrogen-bond donors (Lipinski definition) is 3. The van der Waals surface area contributed by atoms with Gasteiger partial charge in [0.15, 0.2) is 0 Å². The topological polar surface area (TPSA) is 134 Å². The third-order valence-electron chi connectivity index (χ3n) is 4.15. The molecule has 0 heterocycles. The van der Waals surface area contributed by atoms with Crippen LogP contribution in [0.2, 0.25) is 0 Å². The largest absolute Gasteiger partial charge is 0.403 e. The number of nitrogens with one attached hydrogen (secondary N) is 2. The number of hydrogen-bond acceptors (Lipinski definition) is 7. The van der Waals surface area contributed by atoms with Crippen LogP contribution in [0.3, 0.4) is 0 Å². The van der Waals surface area contributed by atoms with Gasteiger partial charge in [-0.25, -0.2) is 0 Å². The van der Waals surface area contributed by atoms with Crippen LogP contribution in [-0.4, -0.2) is 40.9 Å². The summed E-state index contributed by atoms with van der Waals surface area (Å²) in [6.07, 6.45) is 1.63. The number of hydrazine groups is 2. The van der Waals surface area contributed by atoms with E-state index in [1.165, 1.54) is 23.3 Å². The summed E-state index contributed by atoms with van der Waals surface area (Å²) in [4.78, 5) is 35.0. The number of carbonyl (C=O) groups is 2. The van der Waals surface area contributed by atoms with Gasteiger partial charge in [-0.1, -0.05) is 60.7 Å². The number of carbonyl (C=O) groups excluding carboxylic acids is 2. The van der Waals surface area contributed by atoms with Gasteiger partial charge in [-0.2, -0.15) is 0 Å². The zero-order valence-electron chi connectivity index (χ0n) is 17.2. The van der Waals surface area contributed by atoms with Crippen molar-refractivity contribution >= 4 is 23.2 Å². The molecule has 0 aliphatic carbocycles. The number of nitrogens with two attached hydrogens (primary N) is 1. The smallest absolute Gasteiger partial charge is 0.260 e. The van der Waals surface area contributed by atoms with Crippen LogP contribution in [0.4, 0.5) is 0 Å². The fraction of sp³-hybridized carbons (Fsp3) is 0.143. The van der Waals surface area contributed by atoms with Crippen LogP contribution in [0.25, 0.3) is 11.4 Å². The Morgan fingerprint density at radius 1 is 0.903 bits per heavy atom. The molecular weight excluding hydrogens is 400 g/mol. The minimum atomic E-state index is -0.642. The molecule has 0 atom stereocenters. The van der Waals surface area contributed by atoms with Gasteiger partial charge in [-0.15, -0.1) is 0 Å². The van der Waals surface area contributed by atoms with Crippen LogP contribution in [0.15, 0.2) is 73.1 Å². The van der Waals surface area contributed by atoms with E-state index < -0.39 is 23.2 Å². The van der Waals surface area contributed by atoms with Crippen molar-refractivity contribution < 1.29 is 14.5 Å². The highest BCUT2D eigenvalue weighted by atomic mass is 16.6. The fourth-order valence-corrected chi connectivity index (χ4v) is 2.79. The first-order valence-corrected chi connectivity index (χ1v) is 9.26. The van der Waals surface area contributed by atoms with Crippen LogP contribution in [0, 0.1) is 10.1 Å².